The van der Waals surface area contributed by atoms with Gasteiger partial charge in [-0.15, -0.1) is 0 Å². The van der Waals surface area contributed by atoms with Gasteiger partial charge < -0.3 is 19.5 Å². The van der Waals surface area contributed by atoms with Crippen LogP contribution < -0.4 is 10.1 Å². The van der Waals surface area contributed by atoms with Gasteiger partial charge in [0, 0.05) is 26.2 Å². The zero-order valence-electron chi connectivity index (χ0n) is 19.4. The summed E-state index contributed by atoms with van der Waals surface area (Å²) in [6.45, 7) is 7.01. The number of hydrogen-bond acceptors (Lipinski definition) is 6. The maximum Gasteiger partial charge on any atom is 0.338 e. The van der Waals surface area contributed by atoms with Crippen molar-refractivity contribution < 1.29 is 23.8 Å². The van der Waals surface area contributed by atoms with Crippen molar-refractivity contribution >= 4 is 11.9 Å². The quantitative estimate of drug-likeness (QED) is 0.390. The Hall–Kier alpha value is -2.90. The summed E-state index contributed by atoms with van der Waals surface area (Å²) in [5.74, 6) is -0.146. The van der Waals surface area contributed by atoms with Crippen molar-refractivity contribution in [1.82, 2.24) is 10.2 Å². The van der Waals surface area contributed by atoms with Crippen LogP contribution >= 0.6 is 0 Å². The monoisotopic (exact) mass is 454 g/mol. The third kappa shape index (κ3) is 8.51. The third-order valence-corrected chi connectivity index (χ3v) is 5.53. The highest BCUT2D eigenvalue weighted by molar-refractivity contribution is 5.91. The number of nitrogens with zero attached hydrogens (tertiary/aromatic N) is 1. The molecule has 1 heterocycles. The second-order valence-electron chi connectivity index (χ2n) is 8.09. The lowest BCUT2D eigenvalue weighted by Crippen LogP contribution is -2.36. The molecule has 7 nitrogen and oxygen atoms in total. The maximum absolute atomic E-state index is 12.3. The summed E-state index contributed by atoms with van der Waals surface area (Å²) in [6, 6.07) is 14.8. The highest BCUT2D eigenvalue weighted by Gasteiger charge is 2.14. The van der Waals surface area contributed by atoms with Gasteiger partial charge in [-0.2, -0.15) is 0 Å². The van der Waals surface area contributed by atoms with E-state index in [2.05, 4.69) is 23.2 Å². The Kier molecular flexibility index (Phi) is 10.2. The second kappa shape index (κ2) is 13.6. The lowest BCUT2D eigenvalue weighted by atomic mass is 10.1. The zero-order chi connectivity index (χ0) is 23.3. The lowest BCUT2D eigenvalue weighted by molar-refractivity contribution is -0.124. The topological polar surface area (TPSA) is 77.1 Å². The highest BCUT2D eigenvalue weighted by Crippen LogP contribution is 2.15. The number of rotatable bonds is 12. The summed E-state index contributed by atoms with van der Waals surface area (Å²) in [4.78, 5) is 26.8. The number of esters is 1. The first-order chi connectivity index (χ1) is 16.2. The van der Waals surface area contributed by atoms with E-state index in [1.165, 1.54) is 5.56 Å². The second-order valence-corrected chi connectivity index (χ2v) is 8.09. The van der Waals surface area contributed by atoms with E-state index in [9.17, 15) is 9.59 Å². The Balaban J connectivity index is 1.41. The Labute approximate surface area is 196 Å². The molecule has 1 amide bonds. The van der Waals surface area contributed by atoms with Gasteiger partial charge in [-0.05, 0) is 41.8 Å². The molecule has 1 saturated heterocycles. The van der Waals surface area contributed by atoms with Gasteiger partial charge in [-0.1, -0.05) is 44.0 Å². The summed E-state index contributed by atoms with van der Waals surface area (Å²) in [5, 5.41) is 2.85. The fourth-order valence-corrected chi connectivity index (χ4v) is 3.57. The number of nitrogens with one attached hydrogen (secondary N) is 1. The minimum Gasteiger partial charge on any atom is -0.494 e. The fraction of sp³-hybridized carbons (Fsp3) is 0.462. The van der Waals surface area contributed by atoms with Crippen molar-refractivity contribution in [2.24, 2.45) is 0 Å². The fourth-order valence-electron chi connectivity index (χ4n) is 3.57. The molecular weight excluding hydrogens is 420 g/mol. The van der Waals surface area contributed by atoms with E-state index >= 15 is 0 Å². The van der Waals surface area contributed by atoms with E-state index in [0.717, 1.165) is 63.4 Å². The van der Waals surface area contributed by atoms with Crippen LogP contribution in [0.4, 0.5) is 0 Å². The molecule has 1 aliphatic heterocycles. The van der Waals surface area contributed by atoms with Gasteiger partial charge in [-0.25, -0.2) is 4.79 Å². The van der Waals surface area contributed by atoms with Crippen LogP contribution in [0.3, 0.4) is 0 Å². The Morgan fingerprint density at radius 1 is 1.00 bits per heavy atom. The number of unbranched alkanes of at least 4 members (excludes halogenated alkanes) is 2. The van der Waals surface area contributed by atoms with Gasteiger partial charge in [0.2, 0.25) is 0 Å². The molecule has 1 aliphatic rings. The summed E-state index contributed by atoms with van der Waals surface area (Å²) >= 11 is 0. The van der Waals surface area contributed by atoms with Crippen LogP contribution in [0.5, 0.6) is 5.75 Å². The smallest absolute Gasteiger partial charge is 0.338 e. The average molecular weight is 455 g/mol. The van der Waals surface area contributed by atoms with E-state index in [0.29, 0.717) is 18.7 Å². The number of carbonyl (C=O) groups excluding carboxylic acids is 2. The first-order valence-corrected chi connectivity index (χ1v) is 11.7. The van der Waals surface area contributed by atoms with Crippen molar-refractivity contribution in [1.29, 1.82) is 0 Å². The molecule has 0 bridgehead atoms. The molecule has 33 heavy (non-hydrogen) atoms. The van der Waals surface area contributed by atoms with Crippen LogP contribution in [-0.4, -0.2) is 56.3 Å². The molecule has 0 unspecified atom stereocenters. The molecule has 0 spiro atoms. The lowest BCUT2D eigenvalue weighted by Gasteiger charge is -2.27. The molecule has 2 aromatic rings. The summed E-state index contributed by atoms with van der Waals surface area (Å²) in [6.07, 6.45) is 3.28. The predicted octanol–water partition coefficient (Wildman–Crippen LogP) is 3.56. The average Bonchev–Trinajstić information content (AvgIpc) is 2.85. The van der Waals surface area contributed by atoms with E-state index in [1.807, 2.05) is 18.2 Å². The first-order valence-electron chi connectivity index (χ1n) is 11.7. The van der Waals surface area contributed by atoms with Gasteiger partial charge in [-0.3, -0.25) is 9.69 Å². The van der Waals surface area contributed by atoms with Crippen molar-refractivity contribution in [2.45, 2.75) is 39.3 Å². The van der Waals surface area contributed by atoms with Gasteiger partial charge >= 0.3 is 5.97 Å². The molecule has 0 radical (unpaired) electrons. The number of hydrogen-bond donors (Lipinski definition) is 1. The number of ether oxygens (including phenoxy) is 3. The minimum atomic E-state index is -0.532. The molecule has 3 rings (SSSR count). The molecule has 1 N–H and O–H groups in total. The molecule has 178 valence electrons. The standard InChI is InChI=1S/C26H34N2O5/c1-2-3-6-15-32-24-11-9-21(10-12-24)26(30)33-20-25(29)27-18-22-7-4-5-8-23(22)19-28-13-16-31-17-14-28/h4-5,7-12H,2-3,6,13-20H2,1H3,(H,27,29). The van der Waals surface area contributed by atoms with E-state index in [1.54, 1.807) is 24.3 Å². The molecule has 0 aromatic heterocycles. The van der Waals surface area contributed by atoms with Crippen LogP contribution in [-0.2, 0) is 27.4 Å². The molecule has 2 aromatic carbocycles. The molecule has 1 fully saturated rings. The molecule has 0 saturated carbocycles. The zero-order valence-corrected chi connectivity index (χ0v) is 19.4. The molecular formula is C26H34N2O5. The van der Waals surface area contributed by atoms with Crippen LogP contribution in [0, 0.1) is 0 Å². The first kappa shape index (κ1) is 24.7. The van der Waals surface area contributed by atoms with Crippen LogP contribution in [0.15, 0.2) is 48.5 Å². The van der Waals surface area contributed by atoms with Gasteiger partial charge in [0.15, 0.2) is 6.61 Å². The number of benzene rings is 2. The van der Waals surface area contributed by atoms with Crippen LogP contribution in [0.25, 0.3) is 0 Å². The normalized spacial score (nSPS) is 14.0. The Bertz CT molecular complexity index is 879. The summed E-state index contributed by atoms with van der Waals surface area (Å²) < 4.78 is 16.2. The van der Waals surface area contributed by atoms with E-state index < -0.39 is 5.97 Å². The molecule has 0 atom stereocenters. The Morgan fingerprint density at radius 2 is 1.73 bits per heavy atom. The minimum absolute atomic E-state index is 0.320. The van der Waals surface area contributed by atoms with Gasteiger partial charge in [0.25, 0.3) is 5.91 Å². The van der Waals surface area contributed by atoms with Gasteiger partial charge in [0.05, 0.1) is 25.4 Å². The highest BCUT2D eigenvalue weighted by atomic mass is 16.5. The van der Waals surface area contributed by atoms with Crippen molar-refractivity contribution in [3.05, 3.63) is 65.2 Å². The van der Waals surface area contributed by atoms with Gasteiger partial charge in [0.1, 0.15) is 5.75 Å². The largest absolute Gasteiger partial charge is 0.494 e. The SMILES string of the molecule is CCCCCOc1ccc(C(=O)OCC(=O)NCc2ccccc2CN2CCOCC2)cc1. The van der Waals surface area contributed by atoms with Crippen LogP contribution in [0.1, 0.15) is 47.7 Å². The van der Waals surface area contributed by atoms with Crippen LogP contribution in [0.2, 0.25) is 0 Å². The maximum atomic E-state index is 12.3. The predicted molar refractivity (Wildman–Crippen MR) is 126 cm³/mol. The number of morpholine rings is 1. The molecule has 0 aliphatic carbocycles. The Morgan fingerprint density at radius 3 is 2.45 bits per heavy atom. The number of amides is 1. The third-order valence-electron chi connectivity index (χ3n) is 5.53. The summed E-state index contributed by atoms with van der Waals surface area (Å²) in [5.41, 5.74) is 2.62. The van der Waals surface area contributed by atoms with E-state index in [4.69, 9.17) is 14.2 Å². The number of carbonyl (C=O) groups is 2. The molecule has 7 heteroatoms. The van der Waals surface area contributed by atoms with Crippen molar-refractivity contribution in [3.63, 3.8) is 0 Å². The van der Waals surface area contributed by atoms with Crippen molar-refractivity contribution in [3.8, 4) is 5.75 Å². The summed E-state index contributed by atoms with van der Waals surface area (Å²) in [7, 11) is 0. The van der Waals surface area contributed by atoms with E-state index in [-0.39, 0.29) is 12.5 Å². The van der Waals surface area contributed by atoms with Crippen molar-refractivity contribution in [2.75, 3.05) is 39.5 Å².